The Hall–Kier alpha value is -2.74. The smallest absolute Gasteiger partial charge is 0.290 e. The normalized spacial score (nSPS) is 14.9. The summed E-state index contributed by atoms with van der Waals surface area (Å²) in [6, 6.07) is 23.6. The van der Waals surface area contributed by atoms with Crippen molar-refractivity contribution in [1.82, 2.24) is 0 Å². The number of hydrogen-bond donors (Lipinski definition) is 1. The van der Waals surface area contributed by atoms with Gasteiger partial charge in [-0.05, 0) is 36.8 Å². The fraction of sp³-hybridized carbons (Fsp3) is 0.130. The van der Waals surface area contributed by atoms with Gasteiger partial charge in [0.1, 0.15) is 0 Å². The highest BCUT2D eigenvalue weighted by molar-refractivity contribution is 8.03. The average Bonchev–Trinajstić information content (AvgIpc) is 2.75. The first-order valence-corrected chi connectivity index (χ1v) is 12.5. The van der Waals surface area contributed by atoms with Crippen molar-refractivity contribution in [2.45, 2.75) is 22.8 Å². The maximum Gasteiger partial charge on any atom is 0.290 e. The number of aliphatic hydroxyl groups is 1. The molecule has 3 aromatic rings. The van der Waals surface area contributed by atoms with Gasteiger partial charge < -0.3 is 5.11 Å². The minimum Gasteiger partial charge on any atom is -0.384 e. The monoisotopic (exact) mass is 441 g/mol. The minimum atomic E-state index is -4.13. The van der Waals surface area contributed by atoms with Crippen molar-refractivity contribution in [1.29, 1.82) is 0 Å². The summed E-state index contributed by atoms with van der Waals surface area (Å²) in [6.07, 6.45) is 2.12. The van der Waals surface area contributed by atoms with E-state index in [1.165, 1.54) is 24.3 Å². The molecule has 0 spiro atoms. The second-order valence-corrected chi connectivity index (χ2v) is 10.9. The van der Waals surface area contributed by atoms with E-state index in [1.807, 2.05) is 25.1 Å². The minimum absolute atomic E-state index is 0.00921. The average molecular weight is 442 g/mol. The summed E-state index contributed by atoms with van der Waals surface area (Å²) in [4.78, 5) is 0.310. The van der Waals surface area contributed by atoms with Gasteiger partial charge in [-0.3, -0.25) is 0 Å². The summed E-state index contributed by atoms with van der Waals surface area (Å²) >= 11 is 0. The Balaban J connectivity index is 1.98. The van der Waals surface area contributed by atoms with Crippen molar-refractivity contribution >= 4 is 19.8 Å². The van der Waals surface area contributed by atoms with E-state index in [0.29, 0.717) is 10.5 Å². The predicted octanol–water partition coefficient (Wildman–Crippen LogP) is 4.50. The van der Waals surface area contributed by atoms with Crippen LogP contribution in [0.5, 0.6) is 0 Å². The lowest BCUT2D eigenvalue weighted by Crippen LogP contribution is -2.10. The van der Waals surface area contributed by atoms with Crippen LogP contribution in [0.2, 0.25) is 0 Å². The van der Waals surface area contributed by atoms with Crippen LogP contribution in [-0.4, -0.2) is 23.5 Å². The van der Waals surface area contributed by atoms with Crippen molar-refractivity contribution in [3.05, 3.63) is 108 Å². The highest BCUT2D eigenvalue weighted by Crippen LogP contribution is 2.22. The highest BCUT2D eigenvalue weighted by atomic mass is 32.3. The SMILES string of the molecule is Cc1ccc(S(=O)(=O)N=[S@@](=O)(C/C=C/[C@@H](O)c2ccccc2)c2ccccc2)cc1. The Bertz CT molecular complexity index is 1230. The molecule has 0 aromatic heterocycles. The fourth-order valence-corrected chi connectivity index (χ4v) is 6.62. The summed E-state index contributed by atoms with van der Waals surface area (Å²) in [6.45, 7) is 1.85. The van der Waals surface area contributed by atoms with Crippen molar-refractivity contribution in [3.63, 3.8) is 0 Å². The number of rotatable bonds is 7. The molecule has 0 amide bonds. The van der Waals surface area contributed by atoms with Gasteiger partial charge in [-0.25, -0.2) is 4.21 Å². The molecule has 1 N–H and O–H groups in total. The van der Waals surface area contributed by atoms with Gasteiger partial charge in [-0.15, -0.1) is 3.77 Å². The van der Waals surface area contributed by atoms with Crippen LogP contribution in [0.3, 0.4) is 0 Å². The molecule has 0 radical (unpaired) electrons. The lowest BCUT2D eigenvalue weighted by molar-refractivity contribution is 0.228. The number of nitrogens with zero attached hydrogens (tertiary/aromatic N) is 1. The molecule has 7 heteroatoms. The molecular formula is C23H23NO4S2. The molecule has 3 rings (SSSR count). The number of benzene rings is 3. The molecule has 0 heterocycles. The standard InChI is InChI=1S/C23H23NO4S2/c1-19-14-16-22(17-15-19)30(27,28)24-29(26,21-11-6-3-7-12-21)18-8-13-23(25)20-9-4-2-5-10-20/h2-17,23,25H,18H2,1H3/b13-8+/t23-,29-/m1/s1. The van der Waals surface area contributed by atoms with Crippen LogP contribution in [0.1, 0.15) is 17.2 Å². The fourth-order valence-electron chi connectivity index (χ4n) is 2.79. The second kappa shape index (κ2) is 9.38. The Morgan fingerprint density at radius 2 is 1.40 bits per heavy atom. The van der Waals surface area contributed by atoms with Gasteiger partial charge in [0.25, 0.3) is 10.0 Å². The Morgan fingerprint density at radius 1 is 0.833 bits per heavy atom. The maximum atomic E-state index is 13.7. The summed E-state index contributed by atoms with van der Waals surface area (Å²) < 4.78 is 43.2. The van der Waals surface area contributed by atoms with Crippen molar-refractivity contribution in [3.8, 4) is 0 Å². The lowest BCUT2D eigenvalue weighted by atomic mass is 10.1. The van der Waals surface area contributed by atoms with Crippen LogP contribution >= 0.6 is 0 Å². The number of aryl methyl sites for hydroxylation is 1. The number of hydrogen-bond acceptors (Lipinski definition) is 4. The molecule has 30 heavy (non-hydrogen) atoms. The number of sulfonamides is 1. The molecule has 156 valence electrons. The third-order valence-electron chi connectivity index (χ3n) is 4.43. The molecule has 0 aliphatic carbocycles. The summed E-state index contributed by atoms with van der Waals surface area (Å²) in [5.41, 5.74) is 1.60. The first kappa shape index (κ1) is 22.0. The van der Waals surface area contributed by atoms with E-state index in [9.17, 15) is 17.7 Å². The lowest BCUT2D eigenvalue weighted by Gasteiger charge is -2.10. The van der Waals surface area contributed by atoms with E-state index in [2.05, 4.69) is 3.77 Å². The first-order valence-electron chi connectivity index (χ1n) is 9.33. The van der Waals surface area contributed by atoms with Crippen LogP contribution in [0.4, 0.5) is 0 Å². The molecular weight excluding hydrogens is 418 g/mol. The molecule has 2 atom stereocenters. The largest absolute Gasteiger partial charge is 0.384 e. The number of aliphatic hydroxyl groups excluding tert-OH is 1. The van der Waals surface area contributed by atoms with E-state index >= 15 is 0 Å². The Morgan fingerprint density at radius 3 is 2.00 bits per heavy atom. The quantitative estimate of drug-likeness (QED) is 0.547. The van der Waals surface area contributed by atoms with Gasteiger partial charge in [-0.2, -0.15) is 8.42 Å². The maximum absolute atomic E-state index is 13.7. The van der Waals surface area contributed by atoms with E-state index in [-0.39, 0.29) is 10.6 Å². The Kier molecular flexibility index (Phi) is 6.87. The zero-order valence-corrected chi connectivity index (χ0v) is 18.1. The second-order valence-electron chi connectivity index (χ2n) is 6.77. The van der Waals surface area contributed by atoms with E-state index < -0.39 is 25.9 Å². The van der Waals surface area contributed by atoms with Crippen molar-refractivity contribution in [2.24, 2.45) is 3.77 Å². The van der Waals surface area contributed by atoms with Crippen LogP contribution in [0.15, 0.2) is 111 Å². The van der Waals surface area contributed by atoms with Gasteiger partial charge in [0.15, 0.2) is 0 Å². The van der Waals surface area contributed by atoms with E-state index in [4.69, 9.17) is 0 Å². The summed E-state index contributed by atoms with van der Waals surface area (Å²) in [5, 5.41) is 10.3. The van der Waals surface area contributed by atoms with Crippen molar-refractivity contribution in [2.75, 3.05) is 5.75 Å². The van der Waals surface area contributed by atoms with E-state index in [1.54, 1.807) is 54.6 Å². The molecule has 0 saturated heterocycles. The molecule has 3 aromatic carbocycles. The molecule has 0 aliphatic rings. The molecule has 0 saturated carbocycles. The zero-order chi connectivity index (χ0) is 21.6. The van der Waals surface area contributed by atoms with E-state index in [0.717, 1.165) is 5.56 Å². The highest BCUT2D eigenvalue weighted by Gasteiger charge is 2.20. The topological polar surface area (TPSA) is 83.8 Å². The van der Waals surface area contributed by atoms with Gasteiger partial charge in [0.05, 0.1) is 26.5 Å². The van der Waals surface area contributed by atoms with Gasteiger partial charge in [0, 0.05) is 4.90 Å². The molecule has 0 fully saturated rings. The van der Waals surface area contributed by atoms with Crippen molar-refractivity contribution < 1.29 is 17.7 Å². The van der Waals surface area contributed by atoms with Gasteiger partial charge in [0.2, 0.25) is 0 Å². The molecule has 0 bridgehead atoms. The van der Waals surface area contributed by atoms with Crippen LogP contribution in [-0.2, 0) is 19.8 Å². The summed E-state index contributed by atoms with van der Waals surface area (Å²) in [7, 11) is -7.45. The zero-order valence-electron chi connectivity index (χ0n) is 16.5. The first-order chi connectivity index (χ1) is 14.3. The molecule has 5 nitrogen and oxygen atoms in total. The van der Waals surface area contributed by atoms with Gasteiger partial charge in [-0.1, -0.05) is 78.4 Å². The molecule has 0 aliphatic heterocycles. The predicted molar refractivity (Wildman–Crippen MR) is 119 cm³/mol. The third-order valence-corrected chi connectivity index (χ3v) is 8.70. The third kappa shape index (κ3) is 5.44. The van der Waals surface area contributed by atoms with Crippen LogP contribution in [0.25, 0.3) is 0 Å². The van der Waals surface area contributed by atoms with Crippen LogP contribution < -0.4 is 0 Å². The van der Waals surface area contributed by atoms with Gasteiger partial charge >= 0.3 is 0 Å². The van der Waals surface area contributed by atoms with Crippen LogP contribution in [0, 0.1) is 6.92 Å². The molecule has 0 unspecified atom stereocenters. The Labute approximate surface area is 178 Å². The summed E-state index contributed by atoms with van der Waals surface area (Å²) in [5.74, 6) is -0.147.